The van der Waals surface area contributed by atoms with Gasteiger partial charge in [0.1, 0.15) is 0 Å². The van der Waals surface area contributed by atoms with Crippen LogP contribution in [0.4, 0.5) is 0 Å². The summed E-state index contributed by atoms with van der Waals surface area (Å²) in [5.41, 5.74) is 0.239. The lowest BCUT2D eigenvalue weighted by molar-refractivity contribution is 0.0923. The van der Waals surface area contributed by atoms with Gasteiger partial charge in [0.15, 0.2) is 0 Å². The van der Waals surface area contributed by atoms with Crippen molar-refractivity contribution in [2.24, 2.45) is 17.3 Å². The van der Waals surface area contributed by atoms with Crippen LogP contribution >= 0.6 is 0 Å². The summed E-state index contributed by atoms with van der Waals surface area (Å²) < 4.78 is 0. The van der Waals surface area contributed by atoms with Crippen LogP contribution in [0.3, 0.4) is 0 Å². The number of aliphatic hydroxyl groups is 1. The van der Waals surface area contributed by atoms with Gasteiger partial charge in [-0.15, -0.1) is 0 Å². The van der Waals surface area contributed by atoms with E-state index in [4.69, 9.17) is 5.11 Å². The molecule has 62 valence electrons. The van der Waals surface area contributed by atoms with Crippen molar-refractivity contribution in [3.05, 3.63) is 0 Å². The first-order chi connectivity index (χ1) is 4.39. The molecule has 0 aliphatic carbocycles. The lowest BCUT2D eigenvalue weighted by atomic mass is 9.75. The Morgan fingerprint density at radius 1 is 1.20 bits per heavy atom. The summed E-state index contributed by atoms with van der Waals surface area (Å²) in [7, 11) is 0. The third kappa shape index (κ3) is 2.70. The van der Waals surface area contributed by atoms with Crippen molar-refractivity contribution in [2.75, 3.05) is 6.61 Å². The molecule has 1 atom stereocenters. The SMILES string of the molecule is CC(C)[C@H](CO)C(C)(C)C. The van der Waals surface area contributed by atoms with E-state index in [1.807, 2.05) is 0 Å². The molecule has 0 amide bonds. The summed E-state index contributed by atoms with van der Waals surface area (Å²) >= 11 is 0. The minimum atomic E-state index is 0.239. The lowest BCUT2D eigenvalue weighted by Gasteiger charge is -2.32. The molecule has 0 aromatic heterocycles. The second kappa shape index (κ2) is 3.38. The molecule has 10 heavy (non-hydrogen) atoms. The van der Waals surface area contributed by atoms with Crippen LogP contribution in [0.1, 0.15) is 34.6 Å². The maximum atomic E-state index is 9.03. The van der Waals surface area contributed by atoms with E-state index in [0.717, 1.165) is 0 Å². The molecular weight excluding hydrogens is 124 g/mol. The number of hydrogen-bond donors (Lipinski definition) is 1. The zero-order valence-electron chi connectivity index (χ0n) is 7.81. The summed E-state index contributed by atoms with van der Waals surface area (Å²) in [5.74, 6) is 0.998. The van der Waals surface area contributed by atoms with Crippen LogP contribution < -0.4 is 0 Å². The second-order valence-corrected chi connectivity index (χ2v) is 4.40. The zero-order valence-corrected chi connectivity index (χ0v) is 7.81. The fourth-order valence-corrected chi connectivity index (χ4v) is 1.48. The Morgan fingerprint density at radius 2 is 1.60 bits per heavy atom. The highest BCUT2D eigenvalue weighted by molar-refractivity contribution is 4.75. The highest BCUT2D eigenvalue weighted by atomic mass is 16.3. The molecule has 0 aliphatic heterocycles. The van der Waals surface area contributed by atoms with Gasteiger partial charge in [0.25, 0.3) is 0 Å². The number of rotatable bonds is 2. The third-order valence-electron chi connectivity index (χ3n) is 2.11. The minimum Gasteiger partial charge on any atom is -0.396 e. The van der Waals surface area contributed by atoms with E-state index in [1.165, 1.54) is 0 Å². The molecule has 1 nitrogen and oxygen atoms in total. The molecule has 0 heterocycles. The van der Waals surface area contributed by atoms with Gasteiger partial charge in [-0.1, -0.05) is 34.6 Å². The Bertz CT molecular complexity index is 89.4. The molecular formula is C9H20O. The molecule has 0 spiro atoms. The van der Waals surface area contributed by atoms with Crippen LogP contribution in [0.25, 0.3) is 0 Å². The summed E-state index contributed by atoms with van der Waals surface area (Å²) in [6, 6.07) is 0. The lowest BCUT2D eigenvalue weighted by Crippen LogP contribution is -2.28. The van der Waals surface area contributed by atoms with Crippen LogP contribution in [0.5, 0.6) is 0 Å². The van der Waals surface area contributed by atoms with E-state index in [1.54, 1.807) is 0 Å². The van der Waals surface area contributed by atoms with Crippen molar-refractivity contribution in [2.45, 2.75) is 34.6 Å². The van der Waals surface area contributed by atoms with Gasteiger partial charge in [0, 0.05) is 6.61 Å². The third-order valence-corrected chi connectivity index (χ3v) is 2.11. The predicted molar refractivity (Wildman–Crippen MR) is 44.9 cm³/mol. The summed E-state index contributed by atoms with van der Waals surface area (Å²) in [6.45, 7) is 11.1. The van der Waals surface area contributed by atoms with Crippen molar-refractivity contribution >= 4 is 0 Å². The van der Waals surface area contributed by atoms with Gasteiger partial charge in [0.05, 0.1) is 0 Å². The maximum absolute atomic E-state index is 9.03. The molecule has 0 radical (unpaired) electrons. The van der Waals surface area contributed by atoms with Gasteiger partial charge in [-0.2, -0.15) is 0 Å². The molecule has 0 aromatic carbocycles. The first-order valence-electron chi connectivity index (χ1n) is 4.00. The van der Waals surface area contributed by atoms with Crippen molar-refractivity contribution in [3.8, 4) is 0 Å². The van der Waals surface area contributed by atoms with Gasteiger partial charge in [0.2, 0.25) is 0 Å². The van der Waals surface area contributed by atoms with E-state index >= 15 is 0 Å². The Kier molecular flexibility index (Phi) is 3.37. The van der Waals surface area contributed by atoms with E-state index in [2.05, 4.69) is 34.6 Å². The Morgan fingerprint density at radius 3 is 1.60 bits per heavy atom. The summed E-state index contributed by atoms with van der Waals surface area (Å²) in [4.78, 5) is 0. The molecule has 0 bridgehead atoms. The predicted octanol–water partition coefficient (Wildman–Crippen LogP) is 2.30. The molecule has 0 rings (SSSR count). The normalized spacial score (nSPS) is 15.9. The Balaban J connectivity index is 4.07. The average molecular weight is 144 g/mol. The van der Waals surface area contributed by atoms with E-state index in [0.29, 0.717) is 18.4 Å². The highest BCUT2D eigenvalue weighted by Gasteiger charge is 2.26. The van der Waals surface area contributed by atoms with Crippen LogP contribution in [0.15, 0.2) is 0 Å². The molecule has 0 aliphatic rings. The molecule has 0 fully saturated rings. The van der Waals surface area contributed by atoms with Crippen LogP contribution in [0, 0.1) is 17.3 Å². The quantitative estimate of drug-likeness (QED) is 0.630. The van der Waals surface area contributed by atoms with Gasteiger partial charge in [-0.25, -0.2) is 0 Å². The van der Waals surface area contributed by atoms with Crippen molar-refractivity contribution in [3.63, 3.8) is 0 Å². The number of aliphatic hydroxyl groups excluding tert-OH is 1. The van der Waals surface area contributed by atoms with E-state index < -0.39 is 0 Å². The number of hydrogen-bond acceptors (Lipinski definition) is 1. The average Bonchev–Trinajstić information content (AvgIpc) is 1.60. The van der Waals surface area contributed by atoms with Gasteiger partial charge < -0.3 is 5.11 Å². The van der Waals surface area contributed by atoms with Gasteiger partial charge >= 0.3 is 0 Å². The highest BCUT2D eigenvalue weighted by Crippen LogP contribution is 2.31. The molecule has 0 saturated heterocycles. The fourth-order valence-electron chi connectivity index (χ4n) is 1.48. The van der Waals surface area contributed by atoms with Crippen molar-refractivity contribution < 1.29 is 5.11 Å². The van der Waals surface area contributed by atoms with Crippen LogP contribution in [-0.4, -0.2) is 11.7 Å². The molecule has 1 heteroatoms. The van der Waals surface area contributed by atoms with E-state index in [9.17, 15) is 0 Å². The second-order valence-electron chi connectivity index (χ2n) is 4.40. The smallest absolute Gasteiger partial charge is 0.0466 e. The first kappa shape index (κ1) is 9.96. The molecule has 0 saturated carbocycles. The molecule has 0 unspecified atom stereocenters. The van der Waals surface area contributed by atoms with Crippen LogP contribution in [0.2, 0.25) is 0 Å². The maximum Gasteiger partial charge on any atom is 0.0466 e. The fraction of sp³-hybridized carbons (Fsp3) is 1.00. The Hall–Kier alpha value is -0.0400. The molecule has 0 aromatic rings. The minimum absolute atomic E-state index is 0.239. The van der Waals surface area contributed by atoms with Crippen molar-refractivity contribution in [1.29, 1.82) is 0 Å². The topological polar surface area (TPSA) is 20.2 Å². The van der Waals surface area contributed by atoms with Gasteiger partial charge in [-0.3, -0.25) is 0 Å². The van der Waals surface area contributed by atoms with Crippen molar-refractivity contribution in [1.82, 2.24) is 0 Å². The Labute approximate surface area is 64.5 Å². The standard InChI is InChI=1S/C9H20O/c1-7(2)8(6-10)9(3,4)5/h7-8,10H,6H2,1-5H3/t8-/m0/s1. The van der Waals surface area contributed by atoms with E-state index in [-0.39, 0.29) is 5.41 Å². The largest absolute Gasteiger partial charge is 0.396 e. The van der Waals surface area contributed by atoms with Crippen LogP contribution in [-0.2, 0) is 0 Å². The van der Waals surface area contributed by atoms with Gasteiger partial charge in [-0.05, 0) is 17.3 Å². The monoisotopic (exact) mass is 144 g/mol. The summed E-state index contributed by atoms with van der Waals surface area (Å²) in [5, 5.41) is 9.03. The first-order valence-corrected chi connectivity index (χ1v) is 4.00. The zero-order chi connectivity index (χ0) is 8.36. The summed E-state index contributed by atoms with van der Waals surface area (Å²) in [6.07, 6.45) is 0. The molecule has 1 N–H and O–H groups in total.